The largest absolute Gasteiger partial charge is 0.477 e. The van der Waals surface area contributed by atoms with Gasteiger partial charge >= 0.3 is 6.18 Å². The number of rotatable bonds is 6. The Morgan fingerprint density at radius 3 is 2.57 bits per heavy atom. The Hall–Kier alpha value is -3.26. The number of halogens is 3. The highest BCUT2D eigenvalue weighted by Crippen LogP contribution is 2.38. The molecule has 184 valence electrons. The lowest BCUT2D eigenvalue weighted by atomic mass is 9.87. The van der Waals surface area contributed by atoms with Crippen LogP contribution in [0.25, 0.3) is 22.4 Å². The molecule has 1 aliphatic carbocycles. The molecule has 3 aromatic rings. The van der Waals surface area contributed by atoms with E-state index in [1.165, 1.54) is 31.8 Å². The molecular formula is C24H26F3N7O. The average Bonchev–Trinajstić information content (AvgIpc) is 3.18. The van der Waals surface area contributed by atoms with Crippen molar-refractivity contribution in [3.8, 4) is 23.2 Å². The fourth-order valence-corrected chi connectivity index (χ4v) is 4.84. The zero-order valence-electron chi connectivity index (χ0n) is 19.4. The van der Waals surface area contributed by atoms with E-state index in [9.17, 15) is 18.4 Å². The summed E-state index contributed by atoms with van der Waals surface area (Å²) in [4.78, 5) is 18.9. The molecule has 11 heteroatoms. The Morgan fingerprint density at radius 1 is 1.14 bits per heavy atom. The lowest BCUT2D eigenvalue weighted by molar-refractivity contribution is -0.139. The predicted molar refractivity (Wildman–Crippen MR) is 121 cm³/mol. The molecule has 2 aliphatic rings. The number of aromatic nitrogens is 5. The highest BCUT2D eigenvalue weighted by molar-refractivity contribution is 5.87. The maximum absolute atomic E-state index is 13.9. The average molecular weight is 486 g/mol. The van der Waals surface area contributed by atoms with Crippen LogP contribution in [0.15, 0.2) is 18.6 Å². The van der Waals surface area contributed by atoms with E-state index in [4.69, 9.17) is 4.74 Å². The monoisotopic (exact) mass is 485 g/mol. The van der Waals surface area contributed by atoms with Crippen molar-refractivity contribution in [3.63, 3.8) is 0 Å². The number of imidazole rings is 1. The van der Waals surface area contributed by atoms with E-state index in [1.54, 1.807) is 11.6 Å². The summed E-state index contributed by atoms with van der Waals surface area (Å²) in [6, 6.07) is 3.53. The van der Waals surface area contributed by atoms with Crippen LogP contribution < -0.4 is 4.74 Å². The smallest absolute Gasteiger partial charge is 0.421 e. The summed E-state index contributed by atoms with van der Waals surface area (Å²) >= 11 is 0. The summed E-state index contributed by atoms with van der Waals surface area (Å²) in [7, 11) is 1.68. The number of nitriles is 1. The van der Waals surface area contributed by atoms with Crippen molar-refractivity contribution in [2.75, 3.05) is 19.7 Å². The third kappa shape index (κ3) is 4.80. The van der Waals surface area contributed by atoms with Gasteiger partial charge in [-0.05, 0) is 57.2 Å². The first-order valence-electron chi connectivity index (χ1n) is 11.9. The van der Waals surface area contributed by atoms with Gasteiger partial charge in [-0.1, -0.05) is 6.42 Å². The summed E-state index contributed by atoms with van der Waals surface area (Å²) in [5.41, 5.74) is -0.117. The van der Waals surface area contributed by atoms with Crippen molar-refractivity contribution in [3.05, 3.63) is 30.0 Å². The second-order valence-electron chi connectivity index (χ2n) is 9.31. The molecule has 0 amide bonds. The standard InChI is InChI=1S/C24H26F3N7O/c1-33-14-30-21-20(31-19(12-28)32-22(21)33)16-11-18(24(25,26)27)23(29-13-16)35-10-7-15-5-8-34(9-6-15)17-3-2-4-17/h11,13-15,17H,2-10H2,1H3. The summed E-state index contributed by atoms with van der Waals surface area (Å²) in [5.74, 6) is -0.156. The molecule has 0 N–H and O–H groups in total. The van der Waals surface area contributed by atoms with Crippen LogP contribution in [0.3, 0.4) is 0 Å². The first kappa shape index (κ1) is 23.5. The van der Waals surface area contributed by atoms with Gasteiger partial charge in [0.25, 0.3) is 0 Å². The lowest BCUT2D eigenvalue weighted by Crippen LogP contribution is -2.44. The number of piperidine rings is 1. The van der Waals surface area contributed by atoms with Crippen LogP contribution in [0.5, 0.6) is 5.88 Å². The van der Waals surface area contributed by atoms with Gasteiger partial charge in [0.15, 0.2) is 5.65 Å². The molecular weight excluding hydrogens is 459 g/mol. The number of alkyl halides is 3. The molecule has 1 saturated heterocycles. The third-order valence-electron chi connectivity index (χ3n) is 7.09. The minimum Gasteiger partial charge on any atom is -0.477 e. The molecule has 0 atom stereocenters. The molecule has 0 radical (unpaired) electrons. The van der Waals surface area contributed by atoms with E-state index < -0.39 is 17.6 Å². The maximum Gasteiger partial charge on any atom is 0.421 e. The molecule has 0 spiro atoms. The number of pyridine rings is 1. The minimum absolute atomic E-state index is 0.0932. The summed E-state index contributed by atoms with van der Waals surface area (Å²) in [5, 5.41) is 9.26. The molecule has 1 saturated carbocycles. The third-order valence-corrected chi connectivity index (χ3v) is 7.09. The van der Waals surface area contributed by atoms with Crippen LogP contribution in [0.1, 0.15) is 49.9 Å². The van der Waals surface area contributed by atoms with E-state index >= 15 is 0 Å². The molecule has 1 aliphatic heterocycles. The summed E-state index contributed by atoms with van der Waals surface area (Å²) in [6.07, 6.45) is 4.76. The zero-order chi connectivity index (χ0) is 24.6. The Morgan fingerprint density at radius 2 is 1.91 bits per heavy atom. The quantitative estimate of drug-likeness (QED) is 0.513. The van der Waals surface area contributed by atoms with Gasteiger partial charge in [0.05, 0.1) is 12.9 Å². The number of aryl methyl sites for hydroxylation is 1. The summed E-state index contributed by atoms with van der Waals surface area (Å²) < 4.78 is 48.9. The second kappa shape index (κ2) is 9.41. The highest BCUT2D eigenvalue weighted by atomic mass is 19.4. The molecule has 5 rings (SSSR count). The van der Waals surface area contributed by atoms with Gasteiger partial charge in [-0.15, -0.1) is 0 Å². The van der Waals surface area contributed by atoms with Gasteiger partial charge in [-0.2, -0.15) is 23.4 Å². The number of fused-ring (bicyclic) bond motifs is 1. The van der Waals surface area contributed by atoms with Crippen LogP contribution >= 0.6 is 0 Å². The van der Waals surface area contributed by atoms with Gasteiger partial charge in [0.1, 0.15) is 22.8 Å². The zero-order valence-corrected chi connectivity index (χ0v) is 19.4. The second-order valence-corrected chi connectivity index (χ2v) is 9.31. The Bertz CT molecular complexity index is 1250. The molecule has 0 unspecified atom stereocenters. The van der Waals surface area contributed by atoms with E-state index in [2.05, 4.69) is 24.8 Å². The van der Waals surface area contributed by atoms with Crippen molar-refractivity contribution < 1.29 is 17.9 Å². The predicted octanol–water partition coefficient (Wildman–Crippen LogP) is 4.35. The minimum atomic E-state index is -4.67. The Balaban J connectivity index is 1.32. The van der Waals surface area contributed by atoms with Gasteiger partial charge in [0.2, 0.25) is 11.7 Å². The molecule has 0 aromatic carbocycles. The number of ether oxygens (including phenoxy) is 1. The molecule has 3 aromatic heterocycles. The number of hydrogen-bond donors (Lipinski definition) is 0. The van der Waals surface area contributed by atoms with Crippen LogP contribution in [0.2, 0.25) is 0 Å². The number of nitrogens with zero attached hydrogens (tertiary/aromatic N) is 7. The fourth-order valence-electron chi connectivity index (χ4n) is 4.84. The van der Waals surface area contributed by atoms with Crippen molar-refractivity contribution in [2.24, 2.45) is 13.0 Å². The molecule has 35 heavy (non-hydrogen) atoms. The van der Waals surface area contributed by atoms with Gasteiger partial charge in [-0.25, -0.2) is 15.0 Å². The van der Waals surface area contributed by atoms with Gasteiger partial charge < -0.3 is 14.2 Å². The molecule has 2 fully saturated rings. The van der Waals surface area contributed by atoms with Gasteiger partial charge in [0, 0.05) is 24.8 Å². The van der Waals surface area contributed by atoms with Gasteiger partial charge in [-0.3, -0.25) is 0 Å². The van der Waals surface area contributed by atoms with E-state index in [1.807, 2.05) is 6.07 Å². The molecule has 0 bridgehead atoms. The maximum atomic E-state index is 13.9. The topological polar surface area (TPSA) is 92.8 Å². The van der Waals surface area contributed by atoms with Crippen LogP contribution in [0, 0.1) is 17.2 Å². The highest BCUT2D eigenvalue weighted by Gasteiger charge is 2.36. The Labute approximate surface area is 200 Å². The van der Waals surface area contributed by atoms with Crippen LogP contribution in [0.4, 0.5) is 13.2 Å². The molecule has 4 heterocycles. The van der Waals surface area contributed by atoms with Crippen LogP contribution in [-0.2, 0) is 13.2 Å². The first-order valence-corrected chi connectivity index (χ1v) is 11.9. The SMILES string of the molecule is Cn1cnc2c(-c3cnc(OCCC4CCN(C5CCC5)CC4)c(C(F)(F)F)c3)nc(C#N)nc21. The van der Waals surface area contributed by atoms with E-state index in [0.29, 0.717) is 23.5 Å². The van der Waals surface area contributed by atoms with Crippen molar-refractivity contribution in [2.45, 2.75) is 50.7 Å². The normalized spacial score (nSPS) is 17.9. The van der Waals surface area contributed by atoms with E-state index in [-0.39, 0.29) is 23.7 Å². The van der Waals surface area contributed by atoms with Crippen molar-refractivity contribution in [1.29, 1.82) is 5.26 Å². The Kier molecular flexibility index (Phi) is 6.32. The summed E-state index contributed by atoms with van der Waals surface area (Å²) in [6.45, 7) is 2.30. The van der Waals surface area contributed by atoms with Crippen molar-refractivity contribution >= 4 is 11.2 Å². The van der Waals surface area contributed by atoms with Crippen molar-refractivity contribution in [1.82, 2.24) is 29.4 Å². The fraction of sp³-hybridized carbons (Fsp3) is 0.542. The first-order chi connectivity index (χ1) is 16.8. The number of likely N-dealkylation sites (tertiary alicyclic amines) is 1. The number of hydrogen-bond acceptors (Lipinski definition) is 7. The lowest BCUT2D eigenvalue weighted by Gasteiger charge is -2.41. The van der Waals surface area contributed by atoms with E-state index in [0.717, 1.165) is 38.0 Å². The van der Waals surface area contributed by atoms with Crippen LogP contribution in [-0.4, -0.2) is 55.1 Å². The molecule has 8 nitrogen and oxygen atoms in total.